The molecule has 0 saturated heterocycles. The number of ketones is 1. The van der Waals surface area contributed by atoms with Gasteiger partial charge >= 0.3 is 0 Å². The summed E-state index contributed by atoms with van der Waals surface area (Å²) in [6.07, 6.45) is 9.67. The molecule has 2 rings (SSSR count). The lowest BCUT2D eigenvalue weighted by Crippen LogP contribution is -2.60. The van der Waals surface area contributed by atoms with Gasteiger partial charge < -0.3 is 26.6 Å². The van der Waals surface area contributed by atoms with Crippen molar-refractivity contribution in [1.29, 1.82) is 0 Å². The van der Waals surface area contributed by atoms with Gasteiger partial charge in [-0.25, -0.2) is 4.98 Å². The van der Waals surface area contributed by atoms with Gasteiger partial charge in [-0.15, -0.1) is 0 Å². The zero-order valence-electron chi connectivity index (χ0n) is 28.9. The molecule has 49 heavy (non-hydrogen) atoms. The number of Topliss-reactive ketones (excluding diaryl/α,β-unsaturated/α-hetero) is 1. The Balaban J connectivity index is 2.27. The second-order valence-corrected chi connectivity index (χ2v) is 14.4. The van der Waals surface area contributed by atoms with E-state index in [1.807, 2.05) is 26.1 Å². The third-order valence-corrected chi connectivity index (χ3v) is 9.03. The van der Waals surface area contributed by atoms with Gasteiger partial charge in [0, 0.05) is 12.4 Å². The summed E-state index contributed by atoms with van der Waals surface area (Å²) in [5.74, 6) is -6.42. The molecule has 1 heterocycles. The minimum absolute atomic E-state index is 0.00157. The third-order valence-electron chi connectivity index (χ3n) is 8.52. The summed E-state index contributed by atoms with van der Waals surface area (Å²) in [6, 6.07) is -4.54. The zero-order chi connectivity index (χ0) is 36.7. The second-order valence-electron chi connectivity index (χ2n) is 13.0. The van der Waals surface area contributed by atoms with Gasteiger partial charge in [0.15, 0.2) is 0 Å². The Morgan fingerprint density at radius 3 is 2.02 bits per heavy atom. The van der Waals surface area contributed by atoms with Crippen molar-refractivity contribution >= 4 is 45.4 Å². The number of rotatable bonds is 19. The number of amides is 5. The number of carbonyl (C=O) groups excluding carboxylic acids is 6. The zero-order valence-corrected chi connectivity index (χ0v) is 29.7. The normalized spacial score (nSPS) is 16.7. The van der Waals surface area contributed by atoms with Gasteiger partial charge in [0.2, 0.25) is 23.5 Å². The third kappa shape index (κ3) is 14.2. The molecular weight excluding hydrogens is 658 g/mol. The lowest BCUT2D eigenvalue weighted by atomic mass is 9.84. The van der Waals surface area contributed by atoms with E-state index in [4.69, 9.17) is 4.55 Å². The Bertz CT molecular complexity index is 1400. The van der Waals surface area contributed by atoms with Gasteiger partial charge in [0.25, 0.3) is 21.9 Å². The fraction of sp³-hybridized carbons (Fsp3) is 0.688. The van der Waals surface area contributed by atoms with Gasteiger partial charge in [-0.1, -0.05) is 73.1 Å². The standard InChI is InChI=1S/C32H51N7O9S/c1-6-20(5)26(39-29(42)23(15-19(3)4)37-30(43)25-17-33-13-14-34-25)31(44)38-24(16-21-11-9-8-10-12-21)28(41)36-22(7-2)27(40)32(45)35-18-49(46,47)48/h13-14,17,19-24,26H,6-12,15-16,18H2,1-5H3,(H,35,45)(H,36,41)(H,37,43)(H,38,44)(H,39,42)(H,46,47,48)/t20?,22-,23-,24-,26?/m0/s1. The fourth-order valence-electron chi connectivity index (χ4n) is 5.58. The first-order chi connectivity index (χ1) is 23.1. The quantitative estimate of drug-likeness (QED) is 0.0875. The van der Waals surface area contributed by atoms with E-state index < -0.39 is 75.5 Å². The highest BCUT2D eigenvalue weighted by Gasteiger charge is 2.35. The van der Waals surface area contributed by atoms with Gasteiger partial charge in [0.05, 0.1) is 12.2 Å². The van der Waals surface area contributed by atoms with E-state index in [2.05, 4.69) is 31.2 Å². The van der Waals surface area contributed by atoms with Crippen LogP contribution in [0, 0.1) is 17.8 Å². The van der Waals surface area contributed by atoms with Crippen molar-refractivity contribution < 1.29 is 41.7 Å². The molecule has 6 N–H and O–H groups in total. The molecule has 0 bridgehead atoms. The lowest BCUT2D eigenvalue weighted by molar-refractivity contribution is -0.140. The molecule has 17 heteroatoms. The van der Waals surface area contributed by atoms with Crippen LogP contribution in [0.2, 0.25) is 0 Å². The minimum atomic E-state index is -4.58. The van der Waals surface area contributed by atoms with E-state index >= 15 is 0 Å². The van der Waals surface area contributed by atoms with Crippen molar-refractivity contribution in [1.82, 2.24) is 36.6 Å². The molecule has 2 unspecified atom stereocenters. The molecule has 0 spiro atoms. The van der Waals surface area contributed by atoms with Crippen LogP contribution >= 0.6 is 0 Å². The summed E-state index contributed by atoms with van der Waals surface area (Å²) in [5, 5.41) is 12.6. The molecular formula is C32H51N7O9S. The first-order valence-electron chi connectivity index (χ1n) is 16.8. The van der Waals surface area contributed by atoms with Crippen LogP contribution in [0.1, 0.15) is 103 Å². The molecule has 5 amide bonds. The molecule has 16 nitrogen and oxygen atoms in total. The predicted molar refractivity (Wildman–Crippen MR) is 179 cm³/mol. The summed E-state index contributed by atoms with van der Waals surface area (Å²) in [6.45, 7) is 8.92. The number of nitrogens with zero attached hydrogens (tertiary/aromatic N) is 2. The highest BCUT2D eigenvalue weighted by atomic mass is 32.2. The van der Waals surface area contributed by atoms with Crippen LogP contribution in [-0.2, 0) is 34.1 Å². The molecule has 274 valence electrons. The molecule has 0 aliphatic heterocycles. The number of nitrogens with one attached hydrogen (secondary N) is 5. The SMILES string of the molecule is CCC(C)C(NC(=O)[C@H](CC(C)C)NC(=O)c1cnccn1)C(=O)N[C@@H](CC1CCCCC1)C(=O)N[C@@H](CC)C(=O)C(=O)NCS(=O)(=O)O. The number of hydrogen-bond acceptors (Lipinski definition) is 10. The van der Waals surface area contributed by atoms with Crippen LogP contribution in [0.5, 0.6) is 0 Å². The molecule has 0 aromatic carbocycles. The predicted octanol–water partition coefficient (Wildman–Crippen LogP) is 1.03. The number of aromatic nitrogens is 2. The monoisotopic (exact) mass is 709 g/mol. The topological polar surface area (TPSA) is 243 Å². The summed E-state index contributed by atoms with van der Waals surface area (Å²) < 4.78 is 30.9. The van der Waals surface area contributed by atoms with Gasteiger partial charge in [-0.2, -0.15) is 8.42 Å². The van der Waals surface area contributed by atoms with E-state index in [0.29, 0.717) is 6.42 Å². The lowest BCUT2D eigenvalue weighted by Gasteiger charge is -2.31. The minimum Gasteiger partial charge on any atom is -0.344 e. The maximum Gasteiger partial charge on any atom is 0.290 e. The van der Waals surface area contributed by atoms with Gasteiger partial charge in [-0.05, 0) is 37.0 Å². The first kappa shape index (κ1) is 41.2. The van der Waals surface area contributed by atoms with Crippen LogP contribution in [0.25, 0.3) is 0 Å². The average Bonchev–Trinajstić information content (AvgIpc) is 3.07. The molecule has 1 aromatic heterocycles. The average molecular weight is 710 g/mol. The van der Waals surface area contributed by atoms with E-state index in [-0.39, 0.29) is 42.7 Å². The van der Waals surface area contributed by atoms with Gasteiger partial charge in [0.1, 0.15) is 29.7 Å². The Hall–Kier alpha value is -3.99. The van der Waals surface area contributed by atoms with Crippen molar-refractivity contribution in [2.75, 3.05) is 5.88 Å². The Labute approximate surface area is 287 Å². The Kier molecular flexibility index (Phi) is 16.7. The summed E-state index contributed by atoms with van der Waals surface area (Å²) in [4.78, 5) is 86.9. The maximum absolute atomic E-state index is 13.9. The van der Waals surface area contributed by atoms with E-state index in [1.54, 1.807) is 13.8 Å². The molecule has 1 aliphatic rings. The van der Waals surface area contributed by atoms with Crippen LogP contribution in [-0.4, -0.2) is 88.3 Å². The Morgan fingerprint density at radius 1 is 0.837 bits per heavy atom. The summed E-state index contributed by atoms with van der Waals surface area (Å²) >= 11 is 0. The van der Waals surface area contributed by atoms with Crippen molar-refractivity contribution in [3.05, 3.63) is 24.3 Å². The van der Waals surface area contributed by atoms with E-state index in [9.17, 15) is 37.2 Å². The Morgan fingerprint density at radius 2 is 1.47 bits per heavy atom. The van der Waals surface area contributed by atoms with Crippen molar-refractivity contribution in [2.45, 2.75) is 117 Å². The fourth-order valence-corrected chi connectivity index (χ4v) is 5.90. The highest BCUT2D eigenvalue weighted by molar-refractivity contribution is 7.85. The largest absolute Gasteiger partial charge is 0.344 e. The number of hydrogen-bond donors (Lipinski definition) is 6. The first-order valence-corrected chi connectivity index (χ1v) is 18.4. The van der Waals surface area contributed by atoms with Crippen molar-refractivity contribution in [3.8, 4) is 0 Å². The second kappa shape index (κ2) is 19.9. The maximum atomic E-state index is 13.9. The molecule has 1 aromatic rings. The van der Waals surface area contributed by atoms with E-state index in [1.165, 1.54) is 18.6 Å². The van der Waals surface area contributed by atoms with Crippen LogP contribution in [0.3, 0.4) is 0 Å². The molecule has 5 atom stereocenters. The molecule has 0 radical (unpaired) electrons. The van der Waals surface area contributed by atoms with Crippen molar-refractivity contribution in [3.63, 3.8) is 0 Å². The molecule has 1 saturated carbocycles. The van der Waals surface area contributed by atoms with Crippen LogP contribution < -0.4 is 26.6 Å². The van der Waals surface area contributed by atoms with Crippen LogP contribution in [0.15, 0.2) is 18.6 Å². The molecule has 1 fully saturated rings. The summed E-state index contributed by atoms with van der Waals surface area (Å²) in [5.41, 5.74) is 0.0246. The summed E-state index contributed by atoms with van der Waals surface area (Å²) in [7, 11) is -4.58. The highest BCUT2D eigenvalue weighted by Crippen LogP contribution is 2.27. The van der Waals surface area contributed by atoms with Crippen LogP contribution in [0.4, 0.5) is 0 Å². The van der Waals surface area contributed by atoms with Gasteiger partial charge in [-0.3, -0.25) is 38.3 Å². The van der Waals surface area contributed by atoms with E-state index in [0.717, 1.165) is 32.1 Å². The number of carbonyl (C=O) groups is 6. The molecule has 1 aliphatic carbocycles. The van der Waals surface area contributed by atoms with Crippen molar-refractivity contribution in [2.24, 2.45) is 17.8 Å². The smallest absolute Gasteiger partial charge is 0.290 e.